The summed E-state index contributed by atoms with van der Waals surface area (Å²) in [6, 6.07) is 14.1. The summed E-state index contributed by atoms with van der Waals surface area (Å²) in [7, 11) is 1.69. The first kappa shape index (κ1) is 17.1. The number of ether oxygens (including phenoxy) is 1. The number of pyridine rings is 1. The minimum atomic E-state index is 0.662. The topological polar surface area (TPSA) is 45.9 Å². The van der Waals surface area contributed by atoms with Crippen LogP contribution in [0.3, 0.4) is 0 Å². The van der Waals surface area contributed by atoms with Crippen molar-refractivity contribution >= 4 is 39.8 Å². The fraction of sp³-hybridized carbons (Fsp3) is 0.238. The first-order valence-corrected chi connectivity index (χ1v) is 9.67. The first-order valence-electron chi connectivity index (χ1n) is 9.29. The predicted octanol–water partition coefficient (Wildman–Crippen LogP) is 3.87. The number of hydrogen-bond donors (Lipinski definition) is 0. The van der Waals surface area contributed by atoms with Gasteiger partial charge in [-0.3, -0.25) is 0 Å². The molecule has 1 saturated heterocycles. The molecule has 4 aromatic rings. The van der Waals surface area contributed by atoms with Gasteiger partial charge in [0.2, 0.25) is 0 Å². The van der Waals surface area contributed by atoms with Crippen LogP contribution >= 0.6 is 11.6 Å². The summed E-state index contributed by atoms with van der Waals surface area (Å²) in [5.41, 5.74) is 3.12. The van der Waals surface area contributed by atoms with Crippen LogP contribution in [-0.4, -0.2) is 47.7 Å². The number of methoxy groups -OCH3 is 1. The normalized spacial score (nSPS) is 14.8. The molecule has 1 aliphatic heterocycles. The van der Waals surface area contributed by atoms with Gasteiger partial charge in [0.25, 0.3) is 0 Å². The van der Waals surface area contributed by atoms with Gasteiger partial charge in [-0.15, -0.1) is 0 Å². The van der Waals surface area contributed by atoms with Crippen molar-refractivity contribution in [3.63, 3.8) is 0 Å². The molecule has 28 heavy (non-hydrogen) atoms. The van der Waals surface area contributed by atoms with E-state index in [1.54, 1.807) is 13.3 Å². The molecule has 0 bridgehead atoms. The van der Waals surface area contributed by atoms with Gasteiger partial charge >= 0.3 is 0 Å². The molecule has 1 aromatic carbocycles. The maximum absolute atomic E-state index is 5.96. The molecule has 0 unspecified atom stereocenters. The Morgan fingerprint density at radius 2 is 1.79 bits per heavy atom. The summed E-state index contributed by atoms with van der Waals surface area (Å²) in [6.07, 6.45) is 3.78. The van der Waals surface area contributed by atoms with E-state index >= 15 is 0 Å². The lowest BCUT2D eigenvalue weighted by atomic mass is 10.2. The molecule has 0 saturated carbocycles. The van der Waals surface area contributed by atoms with Crippen LogP contribution in [0, 0.1) is 0 Å². The third kappa shape index (κ3) is 2.90. The lowest BCUT2D eigenvalue weighted by molar-refractivity contribution is 0.415. The van der Waals surface area contributed by atoms with Gasteiger partial charge in [0, 0.05) is 44.6 Å². The Morgan fingerprint density at radius 3 is 2.54 bits per heavy atom. The number of piperazine rings is 1. The summed E-state index contributed by atoms with van der Waals surface area (Å²) in [4.78, 5) is 14.1. The third-order valence-electron chi connectivity index (χ3n) is 5.26. The zero-order valence-electron chi connectivity index (χ0n) is 15.5. The smallest absolute Gasteiger partial charge is 0.153 e. The monoisotopic (exact) mass is 393 g/mol. The Balaban J connectivity index is 1.46. The summed E-state index contributed by atoms with van der Waals surface area (Å²) in [5, 5.41) is 0.662. The number of halogens is 1. The van der Waals surface area contributed by atoms with Gasteiger partial charge in [-0.2, -0.15) is 0 Å². The molecule has 1 aliphatic rings. The molecule has 3 aromatic heterocycles. The molecule has 142 valence electrons. The average molecular weight is 394 g/mol. The summed E-state index contributed by atoms with van der Waals surface area (Å²) >= 11 is 5.96. The van der Waals surface area contributed by atoms with E-state index in [4.69, 9.17) is 21.3 Å². The van der Waals surface area contributed by atoms with E-state index in [0.29, 0.717) is 5.02 Å². The Hall–Kier alpha value is -2.99. The Bertz CT molecular complexity index is 1130. The van der Waals surface area contributed by atoms with Gasteiger partial charge in [0.05, 0.1) is 28.7 Å². The molecule has 1 fully saturated rings. The lowest BCUT2D eigenvalue weighted by Gasteiger charge is -2.36. The van der Waals surface area contributed by atoms with Gasteiger partial charge in [0.1, 0.15) is 11.6 Å². The van der Waals surface area contributed by atoms with Crippen molar-refractivity contribution in [1.82, 2.24) is 14.4 Å². The van der Waals surface area contributed by atoms with E-state index in [9.17, 15) is 0 Å². The zero-order chi connectivity index (χ0) is 19.1. The second kappa shape index (κ2) is 6.87. The van der Waals surface area contributed by atoms with E-state index < -0.39 is 0 Å². The molecule has 5 rings (SSSR count). The molecular formula is C21H20ClN5O. The van der Waals surface area contributed by atoms with Crippen LogP contribution in [0.5, 0.6) is 5.75 Å². The SMILES string of the molecule is COc1ccc2nc(N3CCN(c4ccc(Cl)cn4)CC3)c3cccn3c2c1. The largest absolute Gasteiger partial charge is 0.497 e. The van der Waals surface area contributed by atoms with Crippen LogP contribution in [-0.2, 0) is 0 Å². The number of rotatable bonds is 3. The van der Waals surface area contributed by atoms with Crippen LogP contribution in [0.2, 0.25) is 5.02 Å². The Morgan fingerprint density at radius 1 is 0.964 bits per heavy atom. The first-order chi connectivity index (χ1) is 13.7. The molecule has 0 spiro atoms. The maximum Gasteiger partial charge on any atom is 0.153 e. The molecule has 4 heterocycles. The molecule has 7 heteroatoms. The zero-order valence-corrected chi connectivity index (χ0v) is 16.3. The number of benzene rings is 1. The lowest BCUT2D eigenvalue weighted by Crippen LogP contribution is -2.47. The quantitative estimate of drug-likeness (QED) is 0.528. The summed E-state index contributed by atoms with van der Waals surface area (Å²) < 4.78 is 7.57. The van der Waals surface area contributed by atoms with Gasteiger partial charge in [-0.25, -0.2) is 9.97 Å². The van der Waals surface area contributed by atoms with E-state index in [2.05, 4.69) is 37.5 Å². The van der Waals surface area contributed by atoms with Crippen LogP contribution in [0.15, 0.2) is 54.9 Å². The van der Waals surface area contributed by atoms with E-state index in [1.165, 1.54) is 0 Å². The van der Waals surface area contributed by atoms with E-state index in [0.717, 1.165) is 60.1 Å². The van der Waals surface area contributed by atoms with Crippen molar-refractivity contribution in [2.24, 2.45) is 0 Å². The van der Waals surface area contributed by atoms with Gasteiger partial charge in [-0.05, 0) is 36.4 Å². The summed E-state index contributed by atoms with van der Waals surface area (Å²) in [5.74, 6) is 2.82. The van der Waals surface area contributed by atoms with Crippen LogP contribution in [0.4, 0.5) is 11.6 Å². The maximum atomic E-state index is 5.96. The second-order valence-corrected chi connectivity index (χ2v) is 7.30. The van der Waals surface area contributed by atoms with E-state index in [-0.39, 0.29) is 0 Å². The Kier molecular flexibility index (Phi) is 4.20. The molecule has 0 aliphatic carbocycles. The van der Waals surface area contributed by atoms with Gasteiger partial charge < -0.3 is 18.9 Å². The average Bonchev–Trinajstić information content (AvgIpc) is 3.24. The van der Waals surface area contributed by atoms with Crippen LogP contribution in [0.25, 0.3) is 16.6 Å². The highest BCUT2D eigenvalue weighted by atomic mass is 35.5. The standard InChI is InChI=1S/C21H20ClN5O/c1-28-16-5-6-17-19(13-16)27-8-2-3-18(27)21(24-17)26-11-9-25(10-12-26)20-7-4-15(22)14-23-20/h2-8,13-14H,9-12H2,1H3. The fourth-order valence-electron chi connectivity index (χ4n) is 3.80. The second-order valence-electron chi connectivity index (χ2n) is 6.86. The van der Waals surface area contributed by atoms with Crippen LogP contribution in [0.1, 0.15) is 0 Å². The molecule has 0 N–H and O–H groups in total. The third-order valence-corrected chi connectivity index (χ3v) is 5.48. The van der Waals surface area contributed by atoms with Gasteiger partial charge in [0.15, 0.2) is 5.82 Å². The van der Waals surface area contributed by atoms with Crippen LogP contribution < -0.4 is 14.5 Å². The predicted molar refractivity (Wildman–Crippen MR) is 113 cm³/mol. The number of fused-ring (bicyclic) bond motifs is 3. The van der Waals surface area contributed by atoms with Crippen molar-refractivity contribution in [3.8, 4) is 5.75 Å². The summed E-state index contributed by atoms with van der Waals surface area (Å²) in [6.45, 7) is 3.56. The highest BCUT2D eigenvalue weighted by Crippen LogP contribution is 2.29. The van der Waals surface area contributed by atoms with Crippen molar-refractivity contribution in [1.29, 1.82) is 0 Å². The number of nitrogens with zero attached hydrogens (tertiary/aromatic N) is 5. The molecular weight excluding hydrogens is 374 g/mol. The van der Waals surface area contributed by atoms with Crippen molar-refractivity contribution in [2.75, 3.05) is 43.1 Å². The molecule has 0 radical (unpaired) electrons. The Labute approximate surface area is 167 Å². The van der Waals surface area contributed by atoms with Gasteiger partial charge in [-0.1, -0.05) is 11.6 Å². The molecule has 6 nitrogen and oxygen atoms in total. The molecule has 0 amide bonds. The minimum Gasteiger partial charge on any atom is -0.497 e. The highest BCUT2D eigenvalue weighted by Gasteiger charge is 2.22. The minimum absolute atomic E-state index is 0.662. The number of hydrogen-bond acceptors (Lipinski definition) is 5. The van der Waals surface area contributed by atoms with Crippen molar-refractivity contribution in [2.45, 2.75) is 0 Å². The highest BCUT2D eigenvalue weighted by molar-refractivity contribution is 6.30. The number of aromatic nitrogens is 3. The molecule has 0 atom stereocenters. The number of anilines is 2. The fourth-order valence-corrected chi connectivity index (χ4v) is 3.91. The van der Waals surface area contributed by atoms with E-state index in [1.807, 2.05) is 30.3 Å². The van der Waals surface area contributed by atoms with Crippen molar-refractivity contribution in [3.05, 3.63) is 59.9 Å². The van der Waals surface area contributed by atoms with Crippen molar-refractivity contribution < 1.29 is 4.74 Å².